The highest BCUT2D eigenvalue weighted by Crippen LogP contribution is 2.31. The number of aliphatic hydroxyl groups is 1. The van der Waals surface area contributed by atoms with Gasteiger partial charge in [-0.15, -0.1) is 0 Å². The van der Waals surface area contributed by atoms with Gasteiger partial charge in [-0.05, 0) is 55.0 Å². The standard InChI is InChI=1S/C23H27NO2/c1-17-2-4-18(5-3-17)15-23(26)8-10-24(11-9-23)16-19-12-20-6-7-22(25)14-21(20)13-19/h2-7,12,14,25-26H,8-11,13,15-16H2,1H3. The highest BCUT2D eigenvalue weighted by Gasteiger charge is 2.32. The number of aryl methyl sites for hydroxylation is 1. The Bertz CT molecular complexity index is 815. The molecule has 3 nitrogen and oxygen atoms in total. The molecule has 26 heavy (non-hydrogen) atoms. The van der Waals surface area contributed by atoms with Gasteiger partial charge in [-0.25, -0.2) is 0 Å². The Balaban J connectivity index is 1.32. The van der Waals surface area contributed by atoms with E-state index in [4.69, 9.17) is 0 Å². The molecule has 0 radical (unpaired) electrons. The average Bonchev–Trinajstić information content (AvgIpc) is 3.01. The van der Waals surface area contributed by atoms with Crippen molar-refractivity contribution in [1.82, 2.24) is 4.90 Å². The molecule has 2 aromatic rings. The molecule has 136 valence electrons. The fourth-order valence-corrected chi connectivity index (χ4v) is 4.18. The minimum absolute atomic E-state index is 0.345. The van der Waals surface area contributed by atoms with Crippen LogP contribution >= 0.6 is 0 Å². The lowest BCUT2D eigenvalue weighted by Gasteiger charge is -2.38. The van der Waals surface area contributed by atoms with E-state index in [-0.39, 0.29) is 0 Å². The van der Waals surface area contributed by atoms with E-state index in [0.717, 1.165) is 45.3 Å². The molecular formula is C23H27NO2. The maximum absolute atomic E-state index is 11.0. The van der Waals surface area contributed by atoms with Crippen LogP contribution < -0.4 is 0 Å². The molecule has 0 saturated carbocycles. The van der Waals surface area contributed by atoms with E-state index in [2.05, 4.69) is 42.2 Å². The zero-order valence-corrected chi connectivity index (χ0v) is 15.4. The molecule has 2 aliphatic rings. The number of hydrogen-bond donors (Lipinski definition) is 2. The third kappa shape index (κ3) is 3.84. The topological polar surface area (TPSA) is 43.7 Å². The summed E-state index contributed by atoms with van der Waals surface area (Å²) in [6, 6.07) is 14.1. The van der Waals surface area contributed by atoms with E-state index in [1.54, 1.807) is 6.07 Å². The molecule has 1 heterocycles. The monoisotopic (exact) mass is 349 g/mol. The SMILES string of the molecule is Cc1ccc(CC2(O)CCN(CC3=Cc4ccc(O)cc4C3)CC2)cc1. The molecule has 2 N–H and O–H groups in total. The average molecular weight is 349 g/mol. The summed E-state index contributed by atoms with van der Waals surface area (Å²) < 4.78 is 0. The highest BCUT2D eigenvalue weighted by atomic mass is 16.3. The van der Waals surface area contributed by atoms with Crippen LogP contribution in [0.2, 0.25) is 0 Å². The first-order valence-corrected chi connectivity index (χ1v) is 9.51. The maximum Gasteiger partial charge on any atom is 0.115 e. The summed E-state index contributed by atoms with van der Waals surface area (Å²) in [5, 5.41) is 20.6. The molecule has 2 aromatic carbocycles. The number of phenols is 1. The van der Waals surface area contributed by atoms with Crippen LogP contribution in [0.4, 0.5) is 0 Å². The largest absolute Gasteiger partial charge is 0.508 e. The van der Waals surface area contributed by atoms with Gasteiger partial charge in [-0.2, -0.15) is 0 Å². The normalized spacial score (nSPS) is 19.2. The lowest BCUT2D eigenvalue weighted by atomic mass is 9.85. The molecule has 0 amide bonds. The number of benzene rings is 2. The first-order chi connectivity index (χ1) is 12.5. The Kier molecular flexibility index (Phi) is 4.60. The van der Waals surface area contributed by atoms with Gasteiger partial charge in [0.2, 0.25) is 0 Å². The number of piperidine rings is 1. The Morgan fingerprint density at radius 3 is 2.50 bits per heavy atom. The first kappa shape index (κ1) is 17.3. The van der Waals surface area contributed by atoms with Crippen LogP contribution in [-0.2, 0) is 12.8 Å². The zero-order chi connectivity index (χ0) is 18.1. The Labute approximate surface area is 155 Å². The van der Waals surface area contributed by atoms with Crippen LogP contribution in [0.25, 0.3) is 6.08 Å². The Morgan fingerprint density at radius 2 is 1.77 bits per heavy atom. The second-order valence-electron chi connectivity index (χ2n) is 8.03. The van der Waals surface area contributed by atoms with Crippen LogP contribution in [0.3, 0.4) is 0 Å². The molecule has 0 aromatic heterocycles. The highest BCUT2D eigenvalue weighted by molar-refractivity contribution is 5.65. The van der Waals surface area contributed by atoms with E-state index >= 15 is 0 Å². The van der Waals surface area contributed by atoms with Gasteiger partial charge in [0.05, 0.1) is 5.60 Å². The summed E-state index contributed by atoms with van der Waals surface area (Å²) in [7, 11) is 0. The van der Waals surface area contributed by atoms with Crippen LogP contribution in [0, 0.1) is 6.92 Å². The first-order valence-electron chi connectivity index (χ1n) is 9.51. The number of nitrogens with zero attached hydrogens (tertiary/aromatic N) is 1. The minimum Gasteiger partial charge on any atom is -0.508 e. The lowest BCUT2D eigenvalue weighted by molar-refractivity contribution is -0.0186. The smallest absolute Gasteiger partial charge is 0.115 e. The molecule has 0 spiro atoms. The molecular weight excluding hydrogens is 322 g/mol. The van der Waals surface area contributed by atoms with Gasteiger partial charge in [0.25, 0.3) is 0 Å². The molecule has 1 aliphatic carbocycles. The van der Waals surface area contributed by atoms with E-state index in [9.17, 15) is 10.2 Å². The van der Waals surface area contributed by atoms with Crippen molar-refractivity contribution in [3.8, 4) is 5.75 Å². The van der Waals surface area contributed by atoms with Gasteiger partial charge in [-0.3, -0.25) is 4.90 Å². The fraction of sp³-hybridized carbons (Fsp3) is 0.391. The van der Waals surface area contributed by atoms with E-state index in [1.807, 2.05) is 12.1 Å². The lowest BCUT2D eigenvalue weighted by Crippen LogP contribution is -2.46. The fourth-order valence-electron chi connectivity index (χ4n) is 4.18. The zero-order valence-electron chi connectivity index (χ0n) is 15.4. The minimum atomic E-state index is -0.579. The molecule has 1 aliphatic heterocycles. The molecule has 0 unspecified atom stereocenters. The number of rotatable bonds is 4. The van der Waals surface area contributed by atoms with Crippen molar-refractivity contribution in [2.24, 2.45) is 0 Å². The van der Waals surface area contributed by atoms with Crippen molar-refractivity contribution in [2.75, 3.05) is 19.6 Å². The van der Waals surface area contributed by atoms with Crippen molar-refractivity contribution in [1.29, 1.82) is 0 Å². The second-order valence-corrected chi connectivity index (χ2v) is 8.03. The summed E-state index contributed by atoms with van der Waals surface area (Å²) in [5.74, 6) is 0.345. The van der Waals surface area contributed by atoms with Gasteiger partial charge >= 0.3 is 0 Å². The van der Waals surface area contributed by atoms with Crippen molar-refractivity contribution >= 4 is 6.08 Å². The maximum atomic E-state index is 11.0. The number of fused-ring (bicyclic) bond motifs is 1. The summed E-state index contributed by atoms with van der Waals surface area (Å²) in [5.41, 5.74) is 5.74. The molecule has 1 saturated heterocycles. The van der Waals surface area contributed by atoms with Crippen molar-refractivity contribution in [3.63, 3.8) is 0 Å². The number of likely N-dealkylation sites (tertiary alicyclic amines) is 1. The summed E-state index contributed by atoms with van der Waals surface area (Å²) >= 11 is 0. The van der Waals surface area contributed by atoms with Gasteiger partial charge in [0, 0.05) is 26.1 Å². The molecule has 0 bridgehead atoms. The van der Waals surface area contributed by atoms with Crippen LogP contribution in [0.15, 0.2) is 48.0 Å². The van der Waals surface area contributed by atoms with Gasteiger partial charge in [0.1, 0.15) is 5.75 Å². The predicted octanol–water partition coefficient (Wildman–Crippen LogP) is 3.71. The predicted molar refractivity (Wildman–Crippen MR) is 105 cm³/mol. The molecule has 3 heteroatoms. The van der Waals surface area contributed by atoms with Crippen LogP contribution in [-0.4, -0.2) is 40.3 Å². The third-order valence-electron chi connectivity index (χ3n) is 5.77. The van der Waals surface area contributed by atoms with Gasteiger partial charge in [-0.1, -0.05) is 47.5 Å². The summed E-state index contributed by atoms with van der Waals surface area (Å²) in [6.45, 7) is 4.91. The second kappa shape index (κ2) is 6.90. The Hall–Kier alpha value is -2.10. The Morgan fingerprint density at radius 1 is 1.04 bits per heavy atom. The van der Waals surface area contributed by atoms with Gasteiger partial charge in [0.15, 0.2) is 0 Å². The van der Waals surface area contributed by atoms with E-state index in [1.165, 1.54) is 27.8 Å². The number of hydrogen-bond acceptors (Lipinski definition) is 3. The van der Waals surface area contributed by atoms with Crippen molar-refractivity contribution in [3.05, 3.63) is 70.3 Å². The summed E-state index contributed by atoms with van der Waals surface area (Å²) in [6.07, 6.45) is 5.56. The molecule has 4 rings (SSSR count). The van der Waals surface area contributed by atoms with Crippen LogP contribution in [0.5, 0.6) is 5.75 Å². The van der Waals surface area contributed by atoms with Crippen molar-refractivity contribution < 1.29 is 10.2 Å². The number of phenolic OH excluding ortho intramolecular Hbond substituents is 1. The van der Waals surface area contributed by atoms with E-state index < -0.39 is 5.60 Å². The summed E-state index contributed by atoms with van der Waals surface area (Å²) in [4.78, 5) is 2.45. The molecule has 1 fully saturated rings. The van der Waals surface area contributed by atoms with Crippen molar-refractivity contribution in [2.45, 2.75) is 38.2 Å². The van der Waals surface area contributed by atoms with Gasteiger partial charge < -0.3 is 10.2 Å². The molecule has 0 atom stereocenters. The van der Waals surface area contributed by atoms with Crippen LogP contribution in [0.1, 0.15) is 35.1 Å². The quantitative estimate of drug-likeness (QED) is 0.884. The number of aromatic hydroxyl groups is 1. The van der Waals surface area contributed by atoms with E-state index in [0.29, 0.717) is 5.75 Å². The third-order valence-corrected chi connectivity index (χ3v) is 5.77.